The summed E-state index contributed by atoms with van der Waals surface area (Å²) in [6.07, 6.45) is -2.95. The van der Waals surface area contributed by atoms with Gasteiger partial charge in [-0.05, 0) is 22.3 Å². The average Bonchev–Trinajstić information content (AvgIpc) is 3.01. The van der Waals surface area contributed by atoms with Crippen LogP contribution < -0.4 is 0 Å². The van der Waals surface area contributed by atoms with E-state index in [9.17, 15) is 4.79 Å². The fourth-order valence-corrected chi connectivity index (χ4v) is 4.64. The summed E-state index contributed by atoms with van der Waals surface area (Å²) in [5.74, 6) is -0.484. The van der Waals surface area contributed by atoms with Crippen LogP contribution in [-0.4, -0.2) is 37.0 Å². The Balaban J connectivity index is 1.36. The number of hydrogen-bond donors (Lipinski definition) is 0. The van der Waals surface area contributed by atoms with Crippen LogP contribution in [-0.2, 0) is 54.9 Å². The molecule has 0 amide bonds. The highest BCUT2D eigenvalue weighted by Gasteiger charge is 2.48. The SMILES string of the molecule is O=C1OC(COCc2ccccc2)[C@@H](OCc2ccccc2)C(OCc2ccccc2)C1OCc1ccccc1. The van der Waals surface area contributed by atoms with Gasteiger partial charge in [-0.15, -0.1) is 0 Å². The lowest BCUT2D eigenvalue weighted by atomic mass is 9.98. The lowest BCUT2D eigenvalue weighted by Gasteiger charge is -2.41. The molecule has 6 nitrogen and oxygen atoms in total. The van der Waals surface area contributed by atoms with Gasteiger partial charge in [0.2, 0.25) is 0 Å². The molecule has 6 heteroatoms. The van der Waals surface area contributed by atoms with Gasteiger partial charge in [-0.1, -0.05) is 121 Å². The van der Waals surface area contributed by atoms with Crippen molar-refractivity contribution in [3.8, 4) is 0 Å². The Bertz CT molecular complexity index is 1280. The van der Waals surface area contributed by atoms with Crippen molar-refractivity contribution >= 4 is 5.97 Å². The summed E-state index contributed by atoms with van der Waals surface area (Å²) in [4.78, 5) is 13.4. The molecule has 0 aliphatic carbocycles. The van der Waals surface area contributed by atoms with E-state index in [0.29, 0.717) is 19.8 Å². The average molecular weight is 539 g/mol. The Morgan fingerprint density at radius 2 is 0.900 bits per heavy atom. The summed E-state index contributed by atoms with van der Waals surface area (Å²) in [6, 6.07) is 39.4. The number of cyclic esters (lactones) is 1. The number of rotatable bonds is 13. The fourth-order valence-electron chi connectivity index (χ4n) is 4.64. The molecule has 0 aromatic heterocycles. The molecule has 4 aromatic carbocycles. The zero-order valence-corrected chi connectivity index (χ0v) is 22.3. The van der Waals surface area contributed by atoms with Crippen molar-refractivity contribution in [3.63, 3.8) is 0 Å². The monoisotopic (exact) mass is 538 g/mol. The van der Waals surface area contributed by atoms with Crippen molar-refractivity contribution in [2.24, 2.45) is 0 Å². The van der Waals surface area contributed by atoms with Crippen molar-refractivity contribution in [1.29, 1.82) is 0 Å². The summed E-state index contributed by atoms with van der Waals surface area (Å²) >= 11 is 0. The van der Waals surface area contributed by atoms with Gasteiger partial charge in [0.05, 0.1) is 33.0 Å². The van der Waals surface area contributed by atoms with E-state index in [4.69, 9.17) is 23.7 Å². The molecule has 3 unspecified atom stereocenters. The van der Waals surface area contributed by atoms with Crippen LogP contribution >= 0.6 is 0 Å². The molecule has 0 saturated carbocycles. The number of ether oxygens (including phenoxy) is 5. The van der Waals surface area contributed by atoms with Crippen LogP contribution in [0.1, 0.15) is 22.3 Å². The molecule has 0 radical (unpaired) electrons. The molecule has 206 valence electrons. The van der Waals surface area contributed by atoms with Crippen LogP contribution in [0, 0.1) is 0 Å². The number of carbonyl (C=O) groups excluding carboxylic acids is 1. The molecule has 1 heterocycles. The summed E-state index contributed by atoms with van der Waals surface area (Å²) in [5.41, 5.74) is 3.98. The van der Waals surface area contributed by atoms with E-state index in [-0.39, 0.29) is 13.2 Å². The van der Waals surface area contributed by atoms with Gasteiger partial charge >= 0.3 is 5.97 Å². The molecule has 4 aromatic rings. The summed E-state index contributed by atoms with van der Waals surface area (Å²) in [5, 5.41) is 0. The van der Waals surface area contributed by atoms with Crippen molar-refractivity contribution in [2.75, 3.05) is 6.61 Å². The molecule has 1 aliphatic heterocycles. The fraction of sp³-hybridized carbons (Fsp3) is 0.265. The number of esters is 1. The molecule has 0 spiro atoms. The molecule has 0 bridgehead atoms. The van der Waals surface area contributed by atoms with Crippen molar-refractivity contribution in [3.05, 3.63) is 144 Å². The number of benzene rings is 4. The minimum atomic E-state index is -0.963. The molecule has 1 aliphatic rings. The van der Waals surface area contributed by atoms with Crippen molar-refractivity contribution < 1.29 is 28.5 Å². The van der Waals surface area contributed by atoms with Gasteiger partial charge in [0.15, 0.2) is 12.2 Å². The molecule has 40 heavy (non-hydrogen) atoms. The second-order valence-corrected chi connectivity index (χ2v) is 9.72. The Morgan fingerprint density at radius 3 is 1.38 bits per heavy atom. The van der Waals surface area contributed by atoms with E-state index in [2.05, 4.69) is 0 Å². The van der Waals surface area contributed by atoms with Gasteiger partial charge in [-0.25, -0.2) is 4.79 Å². The van der Waals surface area contributed by atoms with E-state index in [0.717, 1.165) is 22.3 Å². The van der Waals surface area contributed by atoms with Crippen LogP contribution in [0.3, 0.4) is 0 Å². The Hall–Kier alpha value is -3.81. The normalized spacial score (nSPS) is 20.6. The largest absolute Gasteiger partial charge is 0.455 e. The summed E-state index contributed by atoms with van der Waals surface area (Å²) < 4.78 is 31.0. The smallest absolute Gasteiger partial charge is 0.338 e. The molecule has 5 rings (SSSR count). The predicted molar refractivity (Wildman–Crippen MR) is 151 cm³/mol. The van der Waals surface area contributed by atoms with E-state index < -0.39 is 30.4 Å². The minimum absolute atomic E-state index is 0.163. The molecule has 1 saturated heterocycles. The third kappa shape index (κ3) is 7.87. The lowest BCUT2D eigenvalue weighted by Crippen LogP contribution is -2.59. The van der Waals surface area contributed by atoms with E-state index in [1.54, 1.807) is 0 Å². The van der Waals surface area contributed by atoms with Crippen LogP contribution in [0.25, 0.3) is 0 Å². The first kappa shape index (κ1) is 27.7. The quantitative estimate of drug-likeness (QED) is 0.198. The molecule has 4 atom stereocenters. The first-order valence-corrected chi connectivity index (χ1v) is 13.5. The first-order chi connectivity index (χ1) is 19.8. The van der Waals surface area contributed by atoms with Gasteiger partial charge < -0.3 is 23.7 Å². The van der Waals surface area contributed by atoms with E-state index >= 15 is 0 Å². The zero-order valence-electron chi connectivity index (χ0n) is 22.3. The Kier molecular flexibility index (Phi) is 10.1. The maximum atomic E-state index is 13.4. The standard InChI is InChI=1S/C34H34O6/c35-34-33(39-24-29-19-11-4-12-20-29)32(38-23-28-17-9-3-10-18-28)31(37-22-27-15-7-2-8-16-27)30(40-34)25-36-21-26-13-5-1-6-14-26/h1-20,30-33H,21-25H2/t30?,31-,32?,33?/m1/s1. The minimum Gasteiger partial charge on any atom is -0.455 e. The molecule has 0 N–H and O–H groups in total. The van der Waals surface area contributed by atoms with Gasteiger partial charge in [0.25, 0.3) is 0 Å². The summed E-state index contributed by atoms with van der Waals surface area (Å²) in [6.45, 7) is 1.43. The number of carbonyl (C=O) groups is 1. The van der Waals surface area contributed by atoms with Gasteiger partial charge in [-0.2, -0.15) is 0 Å². The van der Waals surface area contributed by atoms with Crippen molar-refractivity contribution in [1.82, 2.24) is 0 Å². The maximum Gasteiger partial charge on any atom is 0.338 e. The third-order valence-corrected chi connectivity index (χ3v) is 6.73. The van der Waals surface area contributed by atoms with Crippen LogP contribution in [0.5, 0.6) is 0 Å². The highest BCUT2D eigenvalue weighted by Crippen LogP contribution is 2.28. The van der Waals surface area contributed by atoms with Gasteiger partial charge in [0.1, 0.15) is 12.2 Å². The zero-order chi connectivity index (χ0) is 27.4. The number of hydrogen-bond acceptors (Lipinski definition) is 6. The van der Waals surface area contributed by atoms with Gasteiger partial charge in [-0.3, -0.25) is 0 Å². The van der Waals surface area contributed by atoms with Crippen LogP contribution in [0.2, 0.25) is 0 Å². The van der Waals surface area contributed by atoms with Crippen molar-refractivity contribution in [2.45, 2.75) is 50.8 Å². The topological polar surface area (TPSA) is 63.2 Å². The molecule has 1 fully saturated rings. The van der Waals surface area contributed by atoms with E-state index in [1.807, 2.05) is 121 Å². The van der Waals surface area contributed by atoms with E-state index in [1.165, 1.54) is 0 Å². The predicted octanol–water partition coefficient (Wildman–Crippen LogP) is 5.88. The van der Waals surface area contributed by atoms with Crippen LogP contribution in [0.15, 0.2) is 121 Å². The Labute approximate surface area is 235 Å². The second-order valence-electron chi connectivity index (χ2n) is 9.72. The first-order valence-electron chi connectivity index (χ1n) is 13.5. The van der Waals surface area contributed by atoms with Crippen LogP contribution in [0.4, 0.5) is 0 Å². The highest BCUT2D eigenvalue weighted by molar-refractivity contribution is 5.77. The Morgan fingerprint density at radius 1 is 0.500 bits per heavy atom. The molecular weight excluding hydrogens is 504 g/mol. The lowest BCUT2D eigenvalue weighted by molar-refractivity contribution is -0.239. The summed E-state index contributed by atoms with van der Waals surface area (Å²) in [7, 11) is 0. The maximum absolute atomic E-state index is 13.4. The van der Waals surface area contributed by atoms with Gasteiger partial charge in [0, 0.05) is 0 Å². The molecular formula is C34H34O6. The highest BCUT2D eigenvalue weighted by atomic mass is 16.6. The second kappa shape index (κ2) is 14.5. The third-order valence-electron chi connectivity index (χ3n) is 6.73.